The van der Waals surface area contributed by atoms with Gasteiger partial charge in [-0.25, -0.2) is 0 Å². The zero-order valence-electron chi connectivity index (χ0n) is 13.1. The maximum absolute atomic E-state index is 12.2. The standard InChI is InChI=1S/C16H28N2O3/c1-10(2)17-15(20)11-5-3-6-12(9-11)18-16(21)13-7-4-8-14(13)19/h10-14,19H,3-9H2,1-2H3,(H,17,20)(H,18,21). The van der Waals surface area contributed by atoms with E-state index in [9.17, 15) is 14.7 Å². The SMILES string of the molecule is CC(C)NC(=O)C1CCCC(NC(=O)C2CCCC2O)C1. The molecule has 0 aromatic heterocycles. The summed E-state index contributed by atoms with van der Waals surface area (Å²) in [6, 6.07) is 0.225. The Hall–Kier alpha value is -1.10. The van der Waals surface area contributed by atoms with E-state index in [0.29, 0.717) is 6.42 Å². The Labute approximate surface area is 126 Å². The van der Waals surface area contributed by atoms with Crippen LogP contribution in [0.15, 0.2) is 0 Å². The van der Waals surface area contributed by atoms with E-state index in [1.165, 1.54) is 0 Å². The van der Waals surface area contributed by atoms with Crippen molar-refractivity contribution in [2.75, 3.05) is 0 Å². The summed E-state index contributed by atoms with van der Waals surface area (Å²) in [5.74, 6) is -0.186. The van der Waals surface area contributed by atoms with Gasteiger partial charge in [0.05, 0.1) is 12.0 Å². The topological polar surface area (TPSA) is 78.4 Å². The van der Waals surface area contributed by atoms with Gasteiger partial charge in [0.25, 0.3) is 0 Å². The van der Waals surface area contributed by atoms with Crippen LogP contribution in [0.25, 0.3) is 0 Å². The highest BCUT2D eigenvalue weighted by Crippen LogP contribution is 2.28. The van der Waals surface area contributed by atoms with Gasteiger partial charge >= 0.3 is 0 Å². The first-order valence-electron chi connectivity index (χ1n) is 8.26. The molecule has 5 heteroatoms. The molecular formula is C16H28N2O3. The predicted octanol–water partition coefficient (Wildman–Crippen LogP) is 1.35. The summed E-state index contributed by atoms with van der Waals surface area (Å²) in [6.45, 7) is 3.92. The molecule has 2 amide bonds. The van der Waals surface area contributed by atoms with Gasteiger partial charge in [-0.1, -0.05) is 6.42 Å². The highest BCUT2D eigenvalue weighted by atomic mass is 16.3. The number of nitrogens with one attached hydrogen (secondary N) is 2. The van der Waals surface area contributed by atoms with Crippen LogP contribution in [0.4, 0.5) is 0 Å². The molecule has 0 aliphatic heterocycles. The van der Waals surface area contributed by atoms with E-state index in [1.54, 1.807) is 0 Å². The minimum absolute atomic E-state index is 0.0000449. The molecule has 0 radical (unpaired) electrons. The van der Waals surface area contributed by atoms with Gasteiger partial charge in [0.1, 0.15) is 0 Å². The fourth-order valence-corrected chi connectivity index (χ4v) is 3.52. The third kappa shape index (κ3) is 4.43. The van der Waals surface area contributed by atoms with Crippen molar-refractivity contribution < 1.29 is 14.7 Å². The first-order valence-corrected chi connectivity index (χ1v) is 8.26. The monoisotopic (exact) mass is 296 g/mol. The van der Waals surface area contributed by atoms with Gasteiger partial charge < -0.3 is 15.7 Å². The van der Waals surface area contributed by atoms with E-state index < -0.39 is 6.10 Å². The molecule has 0 aromatic rings. The van der Waals surface area contributed by atoms with Gasteiger partial charge in [-0.05, 0) is 52.4 Å². The average Bonchev–Trinajstić information content (AvgIpc) is 2.84. The van der Waals surface area contributed by atoms with E-state index in [0.717, 1.165) is 38.5 Å². The van der Waals surface area contributed by atoms with Gasteiger partial charge in [0, 0.05) is 18.0 Å². The summed E-state index contributed by atoms with van der Waals surface area (Å²) in [6.07, 6.45) is 5.44. The largest absolute Gasteiger partial charge is 0.392 e. The zero-order chi connectivity index (χ0) is 15.4. The summed E-state index contributed by atoms with van der Waals surface area (Å²) in [7, 11) is 0. The van der Waals surface area contributed by atoms with Crippen molar-refractivity contribution in [3.05, 3.63) is 0 Å². The molecule has 4 atom stereocenters. The van der Waals surface area contributed by atoms with Crippen molar-refractivity contribution >= 4 is 11.8 Å². The lowest BCUT2D eigenvalue weighted by atomic mass is 9.84. The van der Waals surface area contributed by atoms with Crippen molar-refractivity contribution in [3.63, 3.8) is 0 Å². The van der Waals surface area contributed by atoms with Crippen molar-refractivity contribution in [1.29, 1.82) is 0 Å². The molecule has 2 rings (SSSR count). The van der Waals surface area contributed by atoms with Crippen molar-refractivity contribution in [1.82, 2.24) is 10.6 Å². The Kier molecular flexibility index (Phi) is 5.62. The molecule has 5 nitrogen and oxygen atoms in total. The second kappa shape index (κ2) is 7.25. The Morgan fingerprint density at radius 3 is 2.38 bits per heavy atom. The zero-order valence-corrected chi connectivity index (χ0v) is 13.1. The fraction of sp³-hybridized carbons (Fsp3) is 0.875. The van der Waals surface area contributed by atoms with Gasteiger partial charge in [0.2, 0.25) is 11.8 Å². The number of hydrogen-bond donors (Lipinski definition) is 3. The van der Waals surface area contributed by atoms with Crippen molar-refractivity contribution in [2.45, 2.75) is 77.0 Å². The van der Waals surface area contributed by atoms with E-state index >= 15 is 0 Å². The van der Waals surface area contributed by atoms with Crippen LogP contribution in [0.2, 0.25) is 0 Å². The molecule has 2 aliphatic rings. The number of rotatable bonds is 4. The average molecular weight is 296 g/mol. The van der Waals surface area contributed by atoms with Crippen LogP contribution in [-0.4, -0.2) is 35.1 Å². The lowest BCUT2D eigenvalue weighted by molar-refractivity contribution is -0.130. The maximum Gasteiger partial charge on any atom is 0.225 e. The number of amides is 2. The van der Waals surface area contributed by atoms with Crippen LogP contribution < -0.4 is 10.6 Å². The quantitative estimate of drug-likeness (QED) is 0.732. The summed E-state index contributed by atoms with van der Waals surface area (Å²) < 4.78 is 0. The third-order valence-corrected chi connectivity index (χ3v) is 4.64. The van der Waals surface area contributed by atoms with Crippen LogP contribution in [-0.2, 0) is 9.59 Å². The molecule has 2 aliphatic carbocycles. The lowest BCUT2D eigenvalue weighted by Crippen LogP contribution is -2.46. The minimum Gasteiger partial charge on any atom is -0.392 e. The summed E-state index contributed by atoms with van der Waals surface area (Å²) in [5.41, 5.74) is 0. The fourth-order valence-electron chi connectivity index (χ4n) is 3.52. The Bertz CT molecular complexity index is 384. The molecule has 3 N–H and O–H groups in total. The van der Waals surface area contributed by atoms with E-state index in [-0.39, 0.29) is 35.7 Å². The second-order valence-electron chi connectivity index (χ2n) is 6.84. The second-order valence-corrected chi connectivity index (χ2v) is 6.84. The van der Waals surface area contributed by atoms with Crippen LogP contribution in [0.1, 0.15) is 58.8 Å². The van der Waals surface area contributed by atoms with Gasteiger partial charge in [-0.15, -0.1) is 0 Å². The van der Waals surface area contributed by atoms with E-state index in [1.807, 2.05) is 13.8 Å². The Balaban J connectivity index is 1.83. The summed E-state index contributed by atoms with van der Waals surface area (Å²) in [4.78, 5) is 24.3. The predicted molar refractivity (Wildman–Crippen MR) is 80.5 cm³/mol. The maximum atomic E-state index is 12.2. The smallest absolute Gasteiger partial charge is 0.225 e. The molecule has 0 heterocycles. The van der Waals surface area contributed by atoms with E-state index in [2.05, 4.69) is 10.6 Å². The minimum atomic E-state index is -0.492. The first-order chi connectivity index (χ1) is 9.97. The molecule has 0 spiro atoms. The molecule has 2 saturated carbocycles. The molecule has 2 fully saturated rings. The summed E-state index contributed by atoms with van der Waals surface area (Å²) >= 11 is 0. The van der Waals surface area contributed by atoms with E-state index in [4.69, 9.17) is 0 Å². The number of aliphatic hydroxyl groups is 1. The molecule has 0 bridgehead atoms. The summed E-state index contributed by atoms with van der Waals surface area (Å²) in [5, 5.41) is 15.8. The van der Waals surface area contributed by atoms with Gasteiger partial charge in [-0.2, -0.15) is 0 Å². The lowest BCUT2D eigenvalue weighted by Gasteiger charge is -2.30. The first kappa shape index (κ1) is 16.3. The van der Waals surface area contributed by atoms with Crippen LogP contribution in [0, 0.1) is 11.8 Å². The number of carbonyl (C=O) groups excluding carboxylic acids is 2. The van der Waals surface area contributed by atoms with Gasteiger partial charge in [0.15, 0.2) is 0 Å². The Morgan fingerprint density at radius 2 is 1.76 bits per heavy atom. The molecular weight excluding hydrogens is 268 g/mol. The number of hydrogen-bond acceptors (Lipinski definition) is 3. The van der Waals surface area contributed by atoms with Crippen molar-refractivity contribution in [2.24, 2.45) is 11.8 Å². The molecule has 21 heavy (non-hydrogen) atoms. The third-order valence-electron chi connectivity index (χ3n) is 4.64. The highest BCUT2D eigenvalue weighted by molar-refractivity contribution is 5.81. The van der Waals surface area contributed by atoms with Crippen LogP contribution in [0.3, 0.4) is 0 Å². The normalized spacial score (nSPS) is 33.0. The Morgan fingerprint density at radius 1 is 1.05 bits per heavy atom. The van der Waals surface area contributed by atoms with Crippen molar-refractivity contribution in [3.8, 4) is 0 Å². The molecule has 0 aromatic carbocycles. The van der Waals surface area contributed by atoms with Crippen LogP contribution in [0.5, 0.6) is 0 Å². The van der Waals surface area contributed by atoms with Gasteiger partial charge in [-0.3, -0.25) is 9.59 Å². The molecule has 0 saturated heterocycles. The molecule has 4 unspecified atom stereocenters. The number of aliphatic hydroxyl groups excluding tert-OH is 1. The van der Waals surface area contributed by atoms with Crippen LogP contribution >= 0.6 is 0 Å². The highest BCUT2D eigenvalue weighted by Gasteiger charge is 2.34. The molecule has 120 valence electrons. The number of carbonyl (C=O) groups is 2.